The monoisotopic (exact) mass is 424 g/mol. The second-order valence-electron chi connectivity index (χ2n) is 8.07. The third kappa shape index (κ3) is 4.04. The molecule has 2 N–H and O–H groups in total. The first kappa shape index (κ1) is 21.8. The molecule has 0 saturated heterocycles. The number of hydrogen-bond acceptors (Lipinski definition) is 4. The highest BCUT2D eigenvalue weighted by molar-refractivity contribution is 5.97. The molecule has 7 nitrogen and oxygen atoms in total. The van der Waals surface area contributed by atoms with Crippen molar-refractivity contribution in [3.63, 3.8) is 0 Å². The summed E-state index contributed by atoms with van der Waals surface area (Å²) in [6.45, 7) is 5.94. The Labute approximate surface area is 171 Å². The lowest BCUT2D eigenvalue weighted by Gasteiger charge is -2.29. The number of carbonyl (C=O) groups excluding carboxylic acids is 2. The number of nitrogens with one attached hydrogen (secondary N) is 2. The second kappa shape index (κ2) is 8.10. The number of likely N-dealkylation sites (N-methyl/N-ethyl adjacent to an activating group) is 1. The molecule has 0 bridgehead atoms. The quantitative estimate of drug-likeness (QED) is 0.739. The highest BCUT2D eigenvalue weighted by atomic mass is 19.2. The molecule has 10 heteroatoms. The molecule has 162 valence electrons. The molecule has 1 aliphatic rings. The molecule has 0 aliphatic carbocycles. The number of benzene rings is 1. The van der Waals surface area contributed by atoms with Crippen LogP contribution in [0, 0.1) is 22.9 Å². The van der Waals surface area contributed by atoms with Crippen molar-refractivity contribution in [1.29, 1.82) is 0 Å². The number of amides is 2. The minimum Gasteiger partial charge on any atom is -0.373 e. The van der Waals surface area contributed by atoms with E-state index in [1.807, 2.05) is 0 Å². The summed E-state index contributed by atoms with van der Waals surface area (Å²) in [4.78, 5) is 29.5. The molecule has 1 atom stereocenters. The van der Waals surface area contributed by atoms with Gasteiger partial charge in [-0.1, -0.05) is 20.8 Å². The van der Waals surface area contributed by atoms with E-state index in [9.17, 15) is 22.8 Å². The van der Waals surface area contributed by atoms with Gasteiger partial charge in [0.1, 0.15) is 17.7 Å². The molecule has 0 spiro atoms. The van der Waals surface area contributed by atoms with E-state index in [0.29, 0.717) is 17.8 Å². The summed E-state index contributed by atoms with van der Waals surface area (Å²) >= 11 is 0. The molecule has 0 unspecified atom stereocenters. The van der Waals surface area contributed by atoms with Crippen LogP contribution in [-0.2, 0) is 22.7 Å². The van der Waals surface area contributed by atoms with Crippen LogP contribution >= 0.6 is 0 Å². The predicted octanol–water partition coefficient (Wildman–Crippen LogP) is 2.39. The first-order valence-corrected chi connectivity index (χ1v) is 9.39. The summed E-state index contributed by atoms with van der Waals surface area (Å²) in [5.41, 5.74) is -0.564. The SMILES string of the molecule is CNC(=O)[C@@H](NC(=O)c1nc(-c2cc(F)c(F)cc2F)n2c1COCC2)C(C)(C)C. The van der Waals surface area contributed by atoms with Crippen molar-refractivity contribution in [2.24, 2.45) is 5.41 Å². The van der Waals surface area contributed by atoms with Crippen molar-refractivity contribution in [1.82, 2.24) is 20.2 Å². The van der Waals surface area contributed by atoms with Crippen LogP contribution in [0.2, 0.25) is 0 Å². The molecule has 2 amide bonds. The normalized spacial score (nSPS) is 14.8. The highest BCUT2D eigenvalue weighted by Crippen LogP contribution is 2.29. The molecule has 1 aromatic heterocycles. The van der Waals surface area contributed by atoms with Crippen molar-refractivity contribution in [3.8, 4) is 11.4 Å². The van der Waals surface area contributed by atoms with Crippen LogP contribution in [0.25, 0.3) is 11.4 Å². The van der Waals surface area contributed by atoms with Gasteiger partial charge in [0.25, 0.3) is 5.91 Å². The fourth-order valence-electron chi connectivity index (χ4n) is 3.30. The van der Waals surface area contributed by atoms with Crippen LogP contribution in [0.3, 0.4) is 0 Å². The summed E-state index contributed by atoms with van der Waals surface area (Å²) < 4.78 is 48.4. The van der Waals surface area contributed by atoms with E-state index in [-0.39, 0.29) is 42.7 Å². The Balaban J connectivity index is 2.06. The number of nitrogens with zero attached hydrogens (tertiary/aromatic N) is 2. The van der Waals surface area contributed by atoms with Crippen LogP contribution in [-0.4, -0.2) is 41.1 Å². The van der Waals surface area contributed by atoms with E-state index < -0.39 is 34.8 Å². The molecule has 0 radical (unpaired) electrons. The largest absolute Gasteiger partial charge is 0.373 e. The number of halogens is 3. The topological polar surface area (TPSA) is 85.3 Å². The lowest BCUT2D eigenvalue weighted by Crippen LogP contribution is -2.53. The Hall–Kier alpha value is -2.88. The molecule has 1 aromatic carbocycles. The van der Waals surface area contributed by atoms with Gasteiger partial charge in [-0.3, -0.25) is 9.59 Å². The first-order valence-electron chi connectivity index (χ1n) is 9.39. The molecule has 3 rings (SSSR count). The van der Waals surface area contributed by atoms with Crippen molar-refractivity contribution in [2.45, 2.75) is 40.0 Å². The molecular formula is C20H23F3N4O3. The lowest BCUT2D eigenvalue weighted by atomic mass is 9.86. The summed E-state index contributed by atoms with van der Waals surface area (Å²) in [5.74, 6) is -4.59. The minimum atomic E-state index is -1.32. The molecule has 0 fully saturated rings. The number of imidazole rings is 1. The Kier molecular flexibility index (Phi) is 5.89. The van der Waals surface area contributed by atoms with Crippen molar-refractivity contribution < 1.29 is 27.5 Å². The summed E-state index contributed by atoms with van der Waals surface area (Å²) in [6, 6.07) is 0.285. The zero-order chi connectivity index (χ0) is 22.2. The highest BCUT2D eigenvalue weighted by Gasteiger charge is 2.35. The van der Waals surface area contributed by atoms with E-state index in [2.05, 4.69) is 15.6 Å². The molecule has 1 aliphatic heterocycles. The fourth-order valence-corrected chi connectivity index (χ4v) is 3.30. The smallest absolute Gasteiger partial charge is 0.272 e. The van der Waals surface area contributed by atoms with E-state index >= 15 is 0 Å². The Morgan fingerprint density at radius 3 is 2.47 bits per heavy atom. The minimum absolute atomic E-state index is 0.0119. The summed E-state index contributed by atoms with van der Waals surface area (Å²) in [6.07, 6.45) is 0. The maximum absolute atomic E-state index is 14.4. The van der Waals surface area contributed by atoms with Crippen molar-refractivity contribution in [3.05, 3.63) is 41.0 Å². The lowest BCUT2D eigenvalue weighted by molar-refractivity contribution is -0.124. The van der Waals surface area contributed by atoms with Crippen LogP contribution in [0.15, 0.2) is 12.1 Å². The van der Waals surface area contributed by atoms with Gasteiger partial charge in [-0.05, 0) is 11.5 Å². The average molecular weight is 424 g/mol. The van der Waals surface area contributed by atoms with Gasteiger partial charge in [0.2, 0.25) is 5.91 Å². The Bertz CT molecular complexity index is 998. The standard InChI is InChI=1S/C20H23F3N4O3/c1-20(2,3)16(19(29)24-4)26-18(28)15-14-9-30-6-5-27(14)17(25-15)10-7-12(22)13(23)8-11(10)21/h7-8,16H,5-6,9H2,1-4H3,(H,24,29)(H,26,28)/t16-/m1/s1. The van der Waals surface area contributed by atoms with Crippen LogP contribution in [0.5, 0.6) is 0 Å². The molecule has 0 saturated carbocycles. The summed E-state index contributed by atoms with van der Waals surface area (Å²) in [7, 11) is 1.46. The fraction of sp³-hybridized carbons (Fsp3) is 0.450. The number of aromatic nitrogens is 2. The van der Waals surface area contributed by atoms with Gasteiger partial charge in [-0.15, -0.1) is 0 Å². The molecule has 2 heterocycles. The van der Waals surface area contributed by atoms with Gasteiger partial charge in [0.05, 0.1) is 24.5 Å². The van der Waals surface area contributed by atoms with Gasteiger partial charge < -0.3 is 19.9 Å². The van der Waals surface area contributed by atoms with E-state index in [1.165, 1.54) is 7.05 Å². The summed E-state index contributed by atoms with van der Waals surface area (Å²) in [5, 5.41) is 5.17. The third-order valence-electron chi connectivity index (χ3n) is 4.89. The zero-order valence-electron chi connectivity index (χ0n) is 17.1. The maximum Gasteiger partial charge on any atom is 0.272 e. The van der Waals surface area contributed by atoms with Crippen LogP contribution < -0.4 is 10.6 Å². The van der Waals surface area contributed by atoms with Gasteiger partial charge in [-0.25, -0.2) is 18.2 Å². The second-order valence-corrected chi connectivity index (χ2v) is 8.07. The number of hydrogen-bond donors (Lipinski definition) is 2. The predicted molar refractivity (Wildman–Crippen MR) is 102 cm³/mol. The van der Waals surface area contributed by atoms with Crippen LogP contribution in [0.1, 0.15) is 37.0 Å². The van der Waals surface area contributed by atoms with Gasteiger partial charge in [0, 0.05) is 19.7 Å². The average Bonchev–Trinajstić information content (AvgIpc) is 3.07. The maximum atomic E-state index is 14.4. The van der Waals surface area contributed by atoms with E-state index in [0.717, 1.165) is 0 Å². The third-order valence-corrected chi connectivity index (χ3v) is 4.89. The Morgan fingerprint density at radius 1 is 1.17 bits per heavy atom. The van der Waals surface area contributed by atoms with E-state index in [4.69, 9.17) is 4.74 Å². The van der Waals surface area contributed by atoms with Crippen molar-refractivity contribution >= 4 is 11.8 Å². The van der Waals surface area contributed by atoms with Gasteiger partial charge in [-0.2, -0.15) is 0 Å². The molecule has 30 heavy (non-hydrogen) atoms. The first-order chi connectivity index (χ1) is 14.0. The van der Waals surface area contributed by atoms with Crippen molar-refractivity contribution in [2.75, 3.05) is 13.7 Å². The van der Waals surface area contributed by atoms with Gasteiger partial charge in [0.15, 0.2) is 17.3 Å². The number of ether oxygens (including phenoxy) is 1. The van der Waals surface area contributed by atoms with Crippen LogP contribution in [0.4, 0.5) is 13.2 Å². The number of fused-ring (bicyclic) bond motifs is 1. The molecule has 2 aromatic rings. The van der Waals surface area contributed by atoms with E-state index in [1.54, 1.807) is 25.3 Å². The van der Waals surface area contributed by atoms with Gasteiger partial charge >= 0.3 is 0 Å². The Morgan fingerprint density at radius 2 is 1.83 bits per heavy atom. The molecular weight excluding hydrogens is 401 g/mol. The zero-order valence-corrected chi connectivity index (χ0v) is 17.1. The number of rotatable bonds is 4. The number of carbonyl (C=O) groups is 2.